The van der Waals surface area contributed by atoms with Crippen LogP contribution in [0.25, 0.3) is 11.2 Å². The van der Waals surface area contributed by atoms with Crippen molar-refractivity contribution >= 4 is 28.9 Å². The van der Waals surface area contributed by atoms with Gasteiger partial charge in [-0.15, -0.1) is 0 Å². The van der Waals surface area contributed by atoms with Crippen LogP contribution in [-0.4, -0.2) is 61.2 Å². The number of pyridine rings is 1. The van der Waals surface area contributed by atoms with Gasteiger partial charge in [-0.1, -0.05) is 11.6 Å². The first-order chi connectivity index (χ1) is 10.5. The zero-order valence-corrected chi connectivity index (χ0v) is 13.3. The van der Waals surface area contributed by atoms with E-state index >= 15 is 0 Å². The molecule has 0 spiro atoms. The average molecular weight is 324 g/mol. The number of piperazine rings is 1. The lowest BCUT2D eigenvalue weighted by Crippen LogP contribution is -2.53. The molecule has 7 nitrogen and oxygen atoms in total. The molecule has 3 heterocycles. The predicted molar refractivity (Wildman–Crippen MR) is 83.0 cm³/mol. The van der Waals surface area contributed by atoms with Crippen LogP contribution in [0.15, 0.2) is 12.1 Å². The molecule has 1 N–H and O–H groups in total. The summed E-state index contributed by atoms with van der Waals surface area (Å²) in [6.07, 6.45) is -0.854. The van der Waals surface area contributed by atoms with Crippen LogP contribution >= 0.6 is 11.6 Å². The third-order valence-electron chi connectivity index (χ3n) is 4.16. The molecular formula is C14H18ClN5O2. The number of carbonyl (C=O) groups is 1. The predicted octanol–water partition coefficient (Wildman–Crippen LogP) is 1.81. The highest BCUT2D eigenvalue weighted by atomic mass is 35.5. The van der Waals surface area contributed by atoms with Crippen LogP contribution in [0.1, 0.15) is 12.7 Å². The van der Waals surface area contributed by atoms with Crippen LogP contribution in [0.4, 0.5) is 4.79 Å². The van der Waals surface area contributed by atoms with E-state index in [1.807, 2.05) is 24.6 Å². The summed E-state index contributed by atoms with van der Waals surface area (Å²) in [7, 11) is 1.92. The quantitative estimate of drug-likeness (QED) is 0.853. The number of amides is 1. The number of nitrogens with zero attached hydrogens (tertiary/aromatic N) is 5. The summed E-state index contributed by atoms with van der Waals surface area (Å²) in [6.45, 7) is 4.44. The van der Waals surface area contributed by atoms with E-state index in [1.165, 1.54) is 4.90 Å². The third-order valence-corrected chi connectivity index (χ3v) is 4.37. The Balaban J connectivity index is 1.79. The van der Waals surface area contributed by atoms with Gasteiger partial charge in [-0.25, -0.2) is 14.8 Å². The molecule has 0 bridgehead atoms. The van der Waals surface area contributed by atoms with Gasteiger partial charge < -0.3 is 14.6 Å². The molecular weight excluding hydrogens is 306 g/mol. The Morgan fingerprint density at radius 1 is 1.41 bits per heavy atom. The van der Waals surface area contributed by atoms with Crippen molar-refractivity contribution in [2.24, 2.45) is 7.05 Å². The van der Waals surface area contributed by atoms with Gasteiger partial charge >= 0.3 is 6.09 Å². The van der Waals surface area contributed by atoms with Crippen molar-refractivity contribution in [2.45, 2.75) is 19.5 Å². The number of hydrogen-bond donors (Lipinski definition) is 1. The molecule has 1 saturated heterocycles. The van der Waals surface area contributed by atoms with Crippen LogP contribution < -0.4 is 0 Å². The number of aromatic nitrogens is 3. The van der Waals surface area contributed by atoms with E-state index in [0.717, 1.165) is 17.0 Å². The van der Waals surface area contributed by atoms with Gasteiger partial charge in [-0.2, -0.15) is 0 Å². The summed E-state index contributed by atoms with van der Waals surface area (Å²) in [5, 5.41) is 9.52. The maximum Gasteiger partial charge on any atom is 0.407 e. The third kappa shape index (κ3) is 2.74. The molecule has 22 heavy (non-hydrogen) atoms. The molecule has 1 amide bonds. The van der Waals surface area contributed by atoms with Gasteiger partial charge in [0.05, 0.1) is 6.54 Å². The minimum Gasteiger partial charge on any atom is -0.465 e. The Morgan fingerprint density at radius 3 is 2.86 bits per heavy atom. The maximum atomic E-state index is 11.0. The Morgan fingerprint density at radius 2 is 2.18 bits per heavy atom. The summed E-state index contributed by atoms with van der Waals surface area (Å²) in [5.74, 6) is 0.903. The highest BCUT2D eigenvalue weighted by Gasteiger charge is 2.27. The lowest BCUT2D eigenvalue weighted by Gasteiger charge is -2.38. The fourth-order valence-electron chi connectivity index (χ4n) is 2.82. The van der Waals surface area contributed by atoms with Crippen molar-refractivity contribution in [1.29, 1.82) is 0 Å². The Kier molecular flexibility index (Phi) is 3.92. The second-order valence-corrected chi connectivity index (χ2v) is 6.00. The topological polar surface area (TPSA) is 74.5 Å². The normalized spacial score (nSPS) is 19.8. The van der Waals surface area contributed by atoms with E-state index in [4.69, 9.17) is 16.7 Å². The number of carboxylic acid groups (broad SMARTS) is 1. The summed E-state index contributed by atoms with van der Waals surface area (Å²) in [4.78, 5) is 23.6. The van der Waals surface area contributed by atoms with Crippen LogP contribution in [0.5, 0.6) is 0 Å². The van der Waals surface area contributed by atoms with Crippen LogP contribution in [-0.2, 0) is 13.6 Å². The van der Waals surface area contributed by atoms with Crippen molar-refractivity contribution in [1.82, 2.24) is 24.3 Å². The SMILES string of the molecule is C[C@H]1CN(C(=O)O)CCN1Cc1nc2ccc(Cl)nc2n1C. The Hall–Kier alpha value is -1.86. The molecule has 0 radical (unpaired) electrons. The molecule has 118 valence electrons. The second-order valence-electron chi connectivity index (χ2n) is 5.61. The number of aryl methyl sites for hydroxylation is 1. The van der Waals surface area contributed by atoms with Gasteiger partial charge in [0.1, 0.15) is 16.5 Å². The summed E-state index contributed by atoms with van der Waals surface area (Å²) >= 11 is 5.94. The van der Waals surface area contributed by atoms with Crippen molar-refractivity contribution in [3.8, 4) is 0 Å². The monoisotopic (exact) mass is 323 g/mol. The molecule has 0 saturated carbocycles. The summed E-state index contributed by atoms with van der Waals surface area (Å²) < 4.78 is 1.94. The fraction of sp³-hybridized carbons (Fsp3) is 0.500. The number of rotatable bonds is 2. The minimum absolute atomic E-state index is 0.154. The lowest BCUT2D eigenvalue weighted by molar-refractivity contribution is 0.0694. The van der Waals surface area contributed by atoms with Gasteiger partial charge in [-0.3, -0.25) is 4.90 Å². The number of hydrogen-bond acceptors (Lipinski definition) is 4. The lowest BCUT2D eigenvalue weighted by atomic mass is 10.2. The van der Waals surface area contributed by atoms with Crippen LogP contribution in [0.2, 0.25) is 5.15 Å². The van der Waals surface area contributed by atoms with Crippen LogP contribution in [0, 0.1) is 0 Å². The van der Waals surface area contributed by atoms with Gasteiger partial charge in [0.25, 0.3) is 0 Å². The molecule has 0 unspecified atom stereocenters. The van der Waals surface area contributed by atoms with Crippen molar-refractivity contribution in [3.63, 3.8) is 0 Å². The zero-order chi connectivity index (χ0) is 15.9. The number of halogens is 1. The fourth-order valence-corrected chi connectivity index (χ4v) is 2.96. The minimum atomic E-state index is -0.854. The Bertz CT molecular complexity index is 717. The second kappa shape index (κ2) is 5.73. The van der Waals surface area contributed by atoms with Crippen molar-refractivity contribution in [2.75, 3.05) is 19.6 Å². The first-order valence-corrected chi connectivity index (χ1v) is 7.53. The average Bonchev–Trinajstić information content (AvgIpc) is 2.77. The smallest absolute Gasteiger partial charge is 0.407 e. The van der Waals surface area contributed by atoms with Gasteiger partial charge in [0, 0.05) is 32.7 Å². The maximum absolute atomic E-state index is 11.0. The van der Waals surface area contributed by atoms with Crippen molar-refractivity contribution in [3.05, 3.63) is 23.1 Å². The molecule has 1 fully saturated rings. The zero-order valence-electron chi connectivity index (χ0n) is 12.5. The molecule has 0 aliphatic carbocycles. The van der Waals surface area contributed by atoms with Crippen molar-refractivity contribution < 1.29 is 9.90 Å². The molecule has 8 heteroatoms. The van der Waals surface area contributed by atoms with E-state index in [2.05, 4.69) is 14.9 Å². The molecule has 1 aliphatic heterocycles. The molecule has 1 aliphatic rings. The number of fused-ring (bicyclic) bond motifs is 1. The van der Waals surface area contributed by atoms with Gasteiger partial charge in [0.15, 0.2) is 5.65 Å². The van der Waals surface area contributed by atoms with Crippen LogP contribution in [0.3, 0.4) is 0 Å². The standard InChI is InChI=1S/C14H18ClN5O2/c1-9-7-20(14(21)22)6-5-19(9)8-12-16-10-3-4-11(15)17-13(10)18(12)2/h3-4,9H,5-8H2,1-2H3,(H,21,22)/t9-/m0/s1. The largest absolute Gasteiger partial charge is 0.465 e. The highest BCUT2D eigenvalue weighted by molar-refractivity contribution is 6.29. The summed E-state index contributed by atoms with van der Waals surface area (Å²) in [5.41, 5.74) is 1.58. The molecule has 2 aromatic heterocycles. The van der Waals surface area contributed by atoms with E-state index in [0.29, 0.717) is 31.3 Å². The van der Waals surface area contributed by atoms with E-state index in [1.54, 1.807) is 6.07 Å². The molecule has 3 rings (SSSR count). The molecule has 1 atom stereocenters. The van der Waals surface area contributed by atoms with E-state index in [-0.39, 0.29) is 6.04 Å². The highest BCUT2D eigenvalue weighted by Crippen LogP contribution is 2.19. The summed E-state index contributed by atoms with van der Waals surface area (Å²) in [6, 6.07) is 3.75. The van der Waals surface area contributed by atoms with Gasteiger partial charge in [-0.05, 0) is 19.1 Å². The Labute approximate surface area is 133 Å². The first-order valence-electron chi connectivity index (χ1n) is 7.15. The molecule has 0 aromatic carbocycles. The number of imidazole rings is 1. The van der Waals surface area contributed by atoms with E-state index in [9.17, 15) is 4.79 Å². The van der Waals surface area contributed by atoms with Gasteiger partial charge in [0.2, 0.25) is 0 Å². The van der Waals surface area contributed by atoms with E-state index < -0.39 is 6.09 Å². The molecule has 2 aromatic rings. The first kappa shape index (κ1) is 15.1.